The molecule has 1 amide bonds. The molecule has 1 N–H and O–H groups in total. The van der Waals surface area contributed by atoms with Crippen LogP contribution in [-0.4, -0.2) is 37.8 Å². The molecule has 2 aliphatic heterocycles. The number of nitrogens with zero attached hydrogens (tertiary/aromatic N) is 2. The molecule has 132 valence electrons. The minimum Gasteiger partial charge on any atom is -0.312 e. The van der Waals surface area contributed by atoms with Crippen molar-refractivity contribution in [2.75, 3.05) is 22.7 Å². The molecule has 0 aromatic heterocycles. The monoisotopic (exact) mass is 351 g/mol. The summed E-state index contributed by atoms with van der Waals surface area (Å²) in [5.41, 5.74) is 2.50. The number of rotatable bonds is 5. The van der Waals surface area contributed by atoms with Gasteiger partial charge in [0.05, 0.1) is 5.69 Å². The zero-order valence-electron chi connectivity index (χ0n) is 14.3. The summed E-state index contributed by atoms with van der Waals surface area (Å²) in [4.78, 5) is 13.9. The fraction of sp³-hybridized carbons (Fsp3) is 0.588. The van der Waals surface area contributed by atoms with E-state index in [2.05, 4.69) is 4.72 Å². The summed E-state index contributed by atoms with van der Waals surface area (Å²) in [5.74, 6) is 0.142. The molecule has 1 aromatic rings. The van der Waals surface area contributed by atoms with Gasteiger partial charge in [0.25, 0.3) is 0 Å². The van der Waals surface area contributed by atoms with Crippen molar-refractivity contribution in [3.8, 4) is 0 Å². The molecule has 0 bridgehead atoms. The number of fused-ring (bicyclic) bond motifs is 1. The van der Waals surface area contributed by atoms with Gasteiger partial charge in [0.1, 0.15) is 0 Å². The second kappa shape index (κ2) is 6.72. The highest BCUT2D eigenvalue weighted by molar-refractivity contribution is 7.90. The normalized spacial score (nSPS) is 21.8. The zero-order valence-corrected chi connectivity index (χ0v) is 15.1. The number of nitrogens with one attached hydrogen (secondary N) is 1. The third-order valence-corrected chi connectivity index (χ3v) is 6.43. The number of carbonyl (C=O) groups excluding carboxylic acids is 1. The van der Waals surface area contributed by atoms with Crippen LogP contribution in [0.25, 0.3) is 0 Å². The first-order valence-corrected chi connectivity index (χ1v) is 10.1. The van der Waals surface area contributed by atoms with Gasteiger partial charge < -0.3 is 4.90 Å². The highest BCUT2D eigenvalue weighted by Gasteiger charge is 2.31. The Kier molecular flexibility index (Phi) is 4.83. The molecule has 7 heteroatoms. The van der Waals surface area contributed by atoms with E-state index in [1.165, 1.54) is 4.31 Å². The molecule has 1 atom stereocenters. The summed E-state index contributed by atoms with van der Waals surface area (Å²) in [6, 6.07) is 5.51. The molecule has 0 saturated carbocycles. The molecule has 0 aliphatic carbocycles. The van der Waals surface area contributed by atoms with E-state index in [1.54, 1.807) is 11.0 Å². The lowest BCUT2D eigenvalue weighted by atomic mass is 10.0. The van der Waals surface area contributed by atoms with Gasteiger partial charge in [0, 0.05) is 31.2 Å². The first-order valence-electron chi connectivity index (χ1n) is 8.65. The van der Waals surface area contributed by atoms with Crippen LogP contribution in [0, 0.1) is 0 Å². The number of aryl methyl sites for hydroxylation is 1. The molecule has 1 aromatic carbocycles. The van der Waals surface area contributed by atoms with Crippen molar-refractivity contribution in [1.82, 2.24) is 4.31 Å². The molecule has 2 heterocycles. The van der Waals surface area contributed by atoms with Gasteiger partial charge in [-0.1, -0.05) is 6.92 Å². The van der Waals surface area contributed by atoms with Crippen molar-refractivity contribution in [3.05, 3.63) is 23.8 Å². The molecule has 0 radical (unpaired) electrons. The first kappa shape index (κ1) is 17.2. The predicted molar refractivity (Wildman–Crippen MR) is 95.4 cm³/mol. The standard InChI is InChI=1S/C17H25N3O3S/c1-3-10-19-16-8-7-15(12-14(16)6-9-17(19)21)18-24(22,23)20-11-4-5-13(20)2/h7-8,12-13,18H,3-6,9-11H2,1-2H3. The summed E-state index contributed by atoms with van der Waals surface area (Å²) in [7, 11) is -3.52. The number of anilines is 2. The van der Waals surface area contributed by atoms with Crippen LogP contribution in [0.1, 0.15) is 45.1 Å². The van der Waals surface area contributed by atoms with Crippen LogP contribution >= 0.6 is 0 Å². The number of amides is 1. The van der Waals surface area contributed by atoms with Gasteiger partial charge in [-0.3, -0.25) is 9.52 Å². The highest BCUT2D eigenvalue weighted by Crippen LogP contribution is 2.31. The minimum absolute atomic E-state index is 0.0396. The average Bonchev–Trinajstić information content (AvgIpc) is 2.97. The number of benzene rings is 1. The lowest BCUT2D eigenvalue weighted by Crippen LogP contribution is -2.38. The van der Waals surface area contributed by atoms with E-state index >= 15 is 0 Å². The van der Waals surface area contributed by atoms with Crippen molar-refractivity contribution in [3.63, 3.8) is 0 Å². The SMILES string of the molecule is CCCN1C(=O)CCc2cc(NS(=O)(=O)N3CCCC3C)ccc21. The summed E-state index contributed by atoms with van der Waals surface area (Å²) < 4.78 is 29.3. The third kappa shape index (κ3) is 3.28. The molecule has 24 heavy (non-hydrogen) atoms. The predicted octanol–water partition coefficient (Wildman–Crippen LogP) is 2.52. The van der Waals surface area contributed by atoms with Crippen LogP contribution < -0.4 is 9.62 Å². The number of carbonyl (C=O) groups is 1. The Balaban J connectivity index is 1.83. The molecule has 6 nitrogen and oxygen atoms in total. The lowest BCUT2D eigenvalue weighted by molar-refractivity contribution is -0.118. The molecule has 2 aliphatic rings. The minimum atomic E-state index is -3.52. The Morgan fingerprint density at radius 3 is 2.75 bits per heavy atom. The fourth-order valence-electron chi connectivity index (χ4n) is 3.56. The number of hydrogen-bond donors (Lipinski definition) is 1. The van der Waals surface area contributed by atoms with Gasteiger partial charge >= 0.3 is 10.2 Å². The molecule has 1 saturated heterocycles. The highest BCUT2D eigenvalue weighted by atomic mass is 32.2. The fourth-order valence-corrected chi connectivity index (χ4v) is 5.05. The van der Waals surface area contributed by atoms with Crippen molar-refractivity contribution >= 4 is 27.5 Å². The second-order valence-corrected chi connectivity index (χ2v) is 8.22. The van der Waals surface area contributed by atoms with Crippen LogP contribution in [0.5, 0.6) is 0 Å². The maximum absolute atomic E-state index is 12.5. The topological polar surface area (TPSA) is 69.7 Å². The van der Waals surface area contributed by atoms with Crippen molar-refractivity contribution < 1.29 is 13.2 Å². The summed E-state index contributed by atoms with van der Waals surface area (Å²) in [6.45, 7) is 5.25. The van der Waals surface area contributed by atoms with Gasteiger partial charge in [-0.15, -0.1) is 0 Å². The Morgan fingerprint density at radius 2 is 2.08 bits per heavy atom. The molecule has 0 spiro atoms. The van der Waals surface area contributed by atoms with E-state index in [4.69, 9.17) is 0 Å². The van der Waals surface area contributed by atoms with E-state index in [9.17, 15) is 13.2 Å². The van der Waals surface area contributed by atoms with Gasteiger partial charge in [0.15, 0.2) is 0 Å². The molecule has 1 fully saturated rings. The van der Waals surface area contributed by atoms with E-state index < -0.39 is 10.2 Å². The summed E-state index contributed by atoms with van der Waals surface area (Å²) in [6.07, 6.45) is 3.84. The molecular formula is C17H25N3O3S. The summed E-state index contributed by atoms with van der Waals surface area (Å²) >= 11 is 0. The Hall–Kier alpha value is -1.60. The summed E-state index contributed by atoms with van der Waals surface area (Å²) in [5, 5.41) is 0. The smallest absolute Gasteiger partial charge is 0.301 e. The maximum atomic E-state index is 12.5. The molecular weight excluding hydrogens is 326 g/mol. The Labute approximate surface area is 144 Å². The molecule has 1 unspecified atom stereocenters. The lowest BCUT2D eigenvalue weighted by Gasteiger charge is -2.30. The first-order chi connectivity index (χ1) is 11.4. The van der Waals surface area contributed by atoms with Crippen LogP contribution in [0.4, 0.5) is 11.4 Å². The van der Waals surface area contributed by atoms with Crippen molar-refractivity contribution in [2.24, 2.45) is 0 Å². The van der Waals surface area contributed by atoms with Crippen molar-refractivity contribution in [1.29, 1.82) is 0 Å². The van der Waals surface area contributed by atoms with Gasteiger partial charge in [-0.05, 0) is 56.4 Å². The van der Waals surface area contributed by atoms with Crippen LogP contribution in [-0.2, 0) is 21.4 Å². The Bertz CT molecular complexity index is 733. The van der Waals surface area contributed by atoms with Gasteiger partial charge in [-0.2, -0.15) is 12.7 Å². The van der Waals surface area contributed by atoms with E-state index in [1.807, 2.05) is 26.0 Å². The van der Waals surface area contributed by atoms with Gasteiger partial charge in [0.2, 0.25) is 5.91 Å². The number of hydrogen-bond acceptors (Lipinski definition) is 3. The second-order valence-electron chi connectivity index (χ2n) is 6.60. The van der Waals surface area contributed by atoms with Gasteiger partial charge in [-0.25, -0.2) is 0 Å². The van der Waals surface area contributed by atoms with E-state index in [0.29, 0.717) is 31.6 Å². The maximum Gasteiger partial charge on any atom is 0.301 e. The third-order valence-electron chi connectivity index (χ3n) is 4.77. The van der Waals surface area contributed by atoms with Crippen LogP contribution in [0.15, 0.2) is 18.2 Å². The van der Waals surface area contributed by atoms with Crippen LogP contribution in [0.3, 0.4) is 0 Å². The zero-order chi connectivity index (χ0) is 17.3. The van der Waals surface area contributed by atoms with E-state index in [-0.39, 0.29) is 11.9 Å². The molecule has 3 rings (SSSR count). The quantitative estimate of drug-likeness (QED) is 0.886. The van der Waals surface area contributed by atoms with Crippen molar-refractivity contribution in [2.45, 2.75) is 52.0 Å². The van der Waals surface area contributed by atoms with E-state index in [0.717, 1.165) is 30.5 Å². The Morgan fingerprint density at radius 1 is 1.29 bits per heavy atom. The largest absolute Gasteiger partial charge is 0.312 e. The average molecular weight is 351 g/mol. The van der Waals surface area contributed by atoms with Crippen LogP contribution in [0.2, 0.25) is 0 Å².